The average Bonchev–Trinajstić information content (AvgIpc) is 1.97. The molecular formula is C7H4N2O. The molecule has 0 aromatic carbocycles. The maximum absolute atomic E-state index is 4.08. The molecule has 0 rings (SSSR count). The molecule has 0 aromatic rings. The molecular weight excluding hydrogens is 128 g/mol. The first kappa shape index (κ1) is 8.04. The van der Waals surface area contributed by atoms with E-state index in [0.717, 1.165) is 0 Å². The van der Waals surface area contributed by atoms with E-state index in [1.165, 1.54) is 0 Å². The summed E-state index contributed by atoms with van der Waals surface area (Å²) in [6, 6.07) is 0. The molecule has 0 atom stereocenters. The van der Waals surface area contributed by atoms with Crippen molar-refractivity contribution in [3.8, 4) is 0 Å². The van der Waals surface area contributed by atoms with Crippen LogP contribution in [0.5, 0.6) is 0 Å². The van der Waals surface area contributed by atoms with E-state index in [1.807, 2.05) is 0 Å². The van der Waals surface area contributed by atoms with Gasteiger partial charge in [-0.2, -0.15) is 0 Å². The van der Waals surface area contributed by atoms with E-state index in [0.29, 0.717) is 0 Å². The molecule has 3 nitrogen and oxygen atoms in total. The van der Waals surface area contributed by atoms with Crippen LogP contribution in [-0.2, 0) is 4.94 Å². The molecule has 0 aliphatic rings. The van der Waals surface area contributed by atoms with E-state index >= 15 is 0 Å². The molecule has 0 bridgehead atoms. The van der Waals surface area contributed by atoms with Crippen LogP contribution in [0.4, 0.5) is 0 Å². The van der Waals surface area contributed by atoms with Gasteiger partial charge >= 0.3 is 0 Å². The maximum atomic E-state index is 4.08. The normalized spacial score (nSPS) is 4.80. The minimum Gasteiger partial charge on any atom is -0.236 e. The van der Waals surface area contributed by atoms with Gasteiger partial charge in [0.2, 0.25) is 0 Å². The third-order valence-electron chi connectivity index (χ3n) is 0.413. The van der Waals surface area contributed by atoms with Crippen molar-refractivity contribution >= 4 is 12.6 Å². The zero-order valence-corrected chi connectivity index (χ0v) is 5.22. The van der Waals surface area contributed by atoms with Crippen molar-refractivity contribution in [1.29, 1.82) is 0 Å². The maximum Gasteiger partial charge on any atom is 0.0929 e. The van der Waals surface area contributed by atoms with Crippen molar-refractivity contribution in [3.63, 3.8) is 0 Å². The van der Waals surface area contributed by atoms with Crippen LogP contribution < -0.4 is 0 Å². The molecule has 48 valence electrons. The summed E-state index contributed by atoms with van der Waals surface area (Å²) in [7, 11) is 0. The van der Waals surface area contributed by atoms with Gasteiger partial charge in [0.05, 0.1) is 5.87 Å². The summed E-state index contributed by atoms with van der Waals surface area (Å²) >= 11 is 0. The lowest BCUT2D eigenvalue weighted by atomic mass is 10.7. The Morgan fingerprint density at radius 2 is 2.00 bits per heavy atom. The number of oxime groups is 1. The second-order valence-corrected chi connectivity index (χ2v) is 0.966. The Kier molecular flexibility index (Phi) is 5.66. The van der Waals surface area contributed by atoms with Gasteiger partial charge in [-0.15, -0.1) is 0 Å². The third kappa shape index (κ3) is 6.04. The summed E-state index contributed by atoms with van der Waals surface area (Å²) in [4.78, 5) is 4.08. The van der Waals surface area contributed by atoms with Crippen LogP contribution in [0.25, 0.3) is 0 Å². The van der Waals surface area contributed by atoms with Gasteiger partial charge in [0.15, 0.2) is 0 Å². The molecule has 0 aliphatic heterocycles. The molecule has 0 spiro atoms. The zero-order chi connectivity index (χ0) is 7.66. The number of hydrogen-bond donors (Lipinski definition) is 0. The molecule has 0 radical (unpaired) electrons. The van der Waals surface area contributed by atoms with Crippen molar-refractivity contribution in [2.24, 2.45) is 10.3 Å². The Hall–Kier alpha value is -1.96. The predicted molar refractivity (Wildman–Crippen MR) is 37.7 cm³/mol. The molecule has 10 heavy (non-hydrogen) atoms. The van der Waals surface area contributed by atoms with Gasteiger partial charge in [0.1, 0.15) is 0 Å². The standard InChI is InChI=1S/C7H4N2O/c1-3-4-5-6-7-9-10-8-2/h1-2H2. The Bertz CT molecular complexity index is 288. The van der Waals surface area contributed by atoms with Gasteiger partial charge < -0.3 is 0 Å². The molecule has 0 saturated heterocycles. The van der Waals surface area contributed by atoms with Crippen molar-refractivity contribution < 1.29 is 4.94 Å². The molecule has 0 heterocycles. The van der Waals surface area contributed by atoms with Gasteiger partial charge in [-0.3, -0.25) is 0 Å². The van der Waals surface area contributed by atoms with Gasteiger partial charge in [-0.05, 0) is 12.3 Å². The monoisotopic (exact) mass is 132 g/mol. The minimum absolute atomic E-state index is 2.20. The summed E-state index contributed by atoms with van der Waals surface area (Å²) in [5.41, 5.74) is 9.41. The van der Waals surface area contributed by atoms with Crippen LogP contribution in [0.1, 0.15) is 0 Å². The van der Waals surface area contributed by atoms with Crippen LogP contribution in [0, 0.1) is 0 Å². The second-order valence-electron chi connectivity index (χ2n) is 0.966. The fraction of sp³-hybridized carbons (Fsp3) is 0. The molecule has 0 unspecified atom stereocenters. The van der Waals surface area contributed by atoms with E-state index in [4.69, 9.17) is 0 Å². The Balaban J connectivity index is 4.37. The van der Waals surface area contributed by atoms with Crippen LogP contribution in [-0.4, -0.2) is 12.6 Å². The smallest absolute Gasteiger partial charge is 0.0929 e. The molecule has 0 aliphatic carbocycles. The highest BCUT2D eigenvalue weighted by atomic mass is 16.8. The van der Waals surface area contributed by atoms with Gasteiger partial charge in [-0.1, -0.05) is 10.9 Å². The van der Waals surface area contributed by atoms with Crippen LogP contribution in [0.2, 0.25) is 0 Å². The zero-order valence-electron chi connectivity index (χ0n) is 5.22. The average molecular weight is 132 g/mol. The molecule has 3 heteroatoms. The van der Waals surface area contributed by atoms with Crippen LogP contribution in [0.15, 0.2) is 39.8 Å². The second kappa shape index (κ2) is 7.04. The first-order valence-electron chi connectivity index (χ1n) is 2.26. The lowest BCUT2D eigenvalue weighted by Crippen LogP contribution is -1.59. The van der Waals surface area contributed by atoms with E-state index in [9.17, 15) is 0 Å². The topological polar surface area (TPSA) is 34.0 Å². The van der Waals surface area contributed by atoms with Crippen molar-refractivity contribution in [3.05, 3.63) is 29.5 Å². The molecule has 0 amide bonds. The summed E-state index contributed by atoms with van der Waals surface area (Å²) in [6.45, 7) is 6.24. The highest BCUT2D eigenvalue weighted by Gasteiger charge is 1.54. The summed E-state index contributed by atoms with van der Waals surface area (Å²) in [6.07, 6.45) is 0. The lowest BCUT2D eigenvalue weighted by Gasteiger charge is -1.71. The number of rotatable bonds is 2. The SMILES string of the molecule is C=C=C=C=C=C=NON=C. The van der Waals surface area contributed by atoms with Crippen molar-refractivity contribution in [1.82, 2.24) is 0 Å². The lowest BCUT2D eigenvalue weighted by molar-refractivity contribution is 0.161. The molecule has 0 aromatic heterocycles. The summed E-state index contributed by atoms with van der Waals surface area (Å²) in [5.74, 6) is 2.20. The molecule has 0 saturated carbocycles. The predicted octanol–water partition coefficient (Wildman–Crippen LogP) is 1.01. The molecule has 0 N–H and O–H groups in total. The summed E-state index contributed by atoms with van der Waals surface area (Å²) in [5, 5.41) is 6.08. The van der Waals surface area contributed by atoms with E-state index in [2.05, 4.69) is 57.3 Å². The Morgan fingerprint density at radius 3 is 2.60 bits per heavy atom. The van der Waals surface area contributed by atoms with Crippen molar-refractivity contribution in [2.75, 3.05) is 0 Å². The molecule has 0 fully saturated rings. The largest absolute Gasteiger partial charge is 0.236 e. The number of nitrogens with zero attached hydrogens (tertiary/aromatic N) is 2. The first-order valence-corrected chi connectivity index (χ1v) is 2.26. The van der Waals surface area contributed by atoms with E-state index in [-0.39, 0.29) is 0 Å². The Morgan fingerprint density at radius 1 is 1.20 bits per heavy atom. The third-order valence-corrected chi connectivity index (χ3v) is 0.413. The fourth-order valence-electron chi connectivity index (χ4n) is 0.175. The van der Waals surface area contributed by atoms with Gasteiger partial charge in [0, 0.05) is 23.3 Å². The van der Waals surface area contributed by atoms with Crippen LogP contribution in [0.3, 0.4) is 0 Å². The fourth-order valence-corrected chi connectivity index (χ4v) is 0.175. The van der Waals surface area contributed by atoms with Gasteiger partial charge in [-0.25, -0.2) is 4.94 Å². The Labute approximate surface area is 58.3 Å². The van der Waals surface area contributed by atoms with Gasteiger partial charge in [0.25, 0.3) is 0 Å². The highest BCUT2D eigenvalue weighted by molar-refractivity contribution is 5.49. The highest BCUT2D eigenvalue weighted by Crippen LogP contribution is 1.66. The van der Waals surface area contributed by atoms with E-state index in [1.54, 1.807) is 0 Å². The first-order chi connectivity index (χ1) is 4.91. The van der Waals surface area contributed by atoms with Crippen molar-refractivity contribution in [2.45, 2.75) is 0 Å². The quantitative estimate of drug-likeness (QED) is 0.313. The summed E-state index contributed by atoms with van der Waals surface area (Å²) < 4.78 is 0. The minimum atomic E-state index is 2.20. The number of hydrogen-bond acceptors (Lipinski definition) is 3. The van der Waals surface area contributed by atoms with E-state index < -0.39 is 0 Å². The van der Waals surface area contributed by atoms with Crippen LogP contribution >= 0.6 is 0 Å².